The lowest BCUT2D eigenvalue weighted by Crippen LogP contribution is -2.38. The molecular formula is C27H28Cl2N4O3S. The van der Waals surface area contributed by atoms with Gasteiger partial charge in [-0.05, 0) is 41.1 Å². The van der Waals surface area contributed by atoms with Gasteiger partial charge in [-0.25, -0.2) is 13.1 Å². The lowest BCUT2D eigenvalue weighted by Gasteiger charge is -2.20. The van der Waals surface area contributed by atoms with Crippen molar-refractivity contribution in [3.63, 3.8) is 0 Å². The molecule has 1 amide bonds. The maximum atomic E-state index is 13.4. The summed E-state index contributed by atoms with van der Waals surface area (Å²) in [6, 6.07) is 19.3. The van der Waals surface area contributed by atoms with Gasteiger partial charge in [0.15, 0.2) is 0 Å². The minimum absolute atomic E-state index is 0.127. The molecule has 1 N–H and O–H groups in total. The van der Waals surface area contributed by atoms with E-state index in [1.807, 2.05) is 45.0 Å². The van der Waals surface area contributed by atoms with Gasteiger partial charge in [0.25, 0.3) is 0 Å². The van der Waals surface area contributed by atoms with Crippen molar-refractivity contribution in [2.75, 3.05) is 18.4 Å². The second kappa shape index (κ2) is 10.5. The standard InChI is InChI=1S/C27H28Cl2N4O3S/c1-5-32(37(35,36)21-12-10-18-8-6-7-9-19(18)14-21)17-26(34)30-25-16-24(27(2,3)4)31-33(25)20-11-13-22(28)23(29)15-20/h6-16H,5,17H2,1-4H3,(H,30,34). The topological polar surface area (TPSA) is 84.3 Å². The lowest BCUT2D eigenvalue weighted by molar-refractivity contribution is -0.116. The van der Waals surface area contributed by atoms with Crippen LogP contribution in [0.2, 0.25) is 10.0 Å². The summed E-state index contributed by atoms with van der Waals surface area (Å²) in [7, 11) is -3.90. The number of hydrogen-bond acceptors (Lipinski definition) is 4. The van der Waals surface area contributed by atoms with Crippen LogP contribution in [0.1, 0.15) is 33.4 Å². The summed E-state index contributed by atoms with van der Waals surface area (Å²) in [5.74, 6) is -0.0969. The Morgan fingerprint density at radius 1 is 0.973 bits per heavy atom. The zero-order valence-corrected chi connectivity index (χ0v) is 23.3. The number of amides is 1. The van der Waals surface area contributed by atoms with Gasteiger partial charge in [0.1, 0.15) is 5.82 Å². The van der Waals surface area contributed by atoms with Crippen LogP contribution in [0.15, 0.2) is 71.6 Å². The Morgan fingerprint density at radius 3 is 2.32 bits per heavy atom. The number of nitrogens with one attached hydrogen (secondary N) is 1. The monoisotopic (exact) mass is 558 g/mol. The van der Waals surface area contributed by atoms with Gasteiger partial charge in [-0.1, -0.05) is 81.2 Å². The summed E-state index contributed by atoms with van der Waals surface area (Å²) < 4.78 is 29.5. The zero-order valence-electron chi connectivity index (χ0n) is 21.0. The van der Waals surface area contributed by atoms with E-state index in [2.05, 4.69) is 10.4 Å². The highest BCUT2D eigenvalue weighted by molar-refractivity contribution is 7.89. The molecule has 4 rings (SSSR count). The number of nitrogens with zero attached hydrogens (tertiary/aromatic N) is 3. The predicted molar refractivity (Wildman–Crippen MR) is 149 cm³/mol. The van der Waals surface area contributed by atoms with Gasteiger partial charge >= 0.3 is 0 Å². The number of rotatable bonds is 7. The maximum absolute atomic E-state index is 13.4. The molecule has 4 aromatic rings. The van der Waals surface area contributed by atoms with Crippen LogP contribution in [0.25, 0.3) is 16.5 Å². The molecule has 0 aliphatic heterocycles. The van der Waals surface area contributed by atoms with Crippen molar-refractivity contribution in [1.82, 2.24) is 14.1 Å². The van der Waals surface area contributed by atoms with Gasteiger partial charge in [0.05, 0.1) is 32.9 Å². The van der Waals surface area contributed by atoms with Gasteiger partial charge < -0.3 is 5.32 Å². The van der Waals surface area contributed by atoms with E-state index in [1.54, 1.807) is 54.1 Å². The van der Waals surface area contributed by atoms with Crippen molar-refractivity contribution in [1.29, 1.82) is 0 Å². The van der Waals surface area contributed by atoms with Crippen molar-refractivity contribution in [2.45, 2.75) is 38.0 Å². The second-order valence-electron chi connectivity index (χ2n) is 9.66. The van der Waals surface area contributed by atoms with Crippen LogP contribution < -0.4 is 5.32 Å². The Balaban J connectivity index is 1.62. The van der Waals surface area contributed by atoms with E-state index >= 15 is 0 Å². The van der Waals surface area contributed by atoms with Crippen LogP contribution >= 0.6 is 23.2 Å². The predicted octanol–water partition coefficient (Wildman–Crippen LogP) is 6.28. The number of fused-ring (bicyclic) bond motifs is 1. The fourth-order valence-electron chi connectivity index (χ4n) is 3.84. The third-order valence-corrected chi connectivity index (χ3v) is 8.58. The number of carbonyl (C=O) groups is 1. The molecule has 0 unspecified atom stereocenters. The molecule has 0 saturated heterocycles. The van der Waals surface area contributed by atoms with Crippen LogP contribution in [0.3, 0.4) is 0 Å². The minimum Gasteiger partial charge on any atom is -0.309 e. The van der Waals surface area contributed by atoms with Gasteiger partial charge in [0, 0.05) is 18.0 Å². The van der Waals surface area contributed by atoms with Gasteiger partial charge in [-0.3, -0.25) is 4.79 Å². The third kappa shape index (κ3) is 5.83. The lowest BCUT2D eigenvalue weighted by atomic mass is 9.92. The molecule has 3 aromatic carbocycles. The smallest absolute Gasteiger partial charge is 0.243 e. The Kier molecular flexibility index (Phi) is 7.67. The molecule has 0 bridgehead atoms. The fraction of sp³-hybridized carbons (Fsp3) is 0.259. The van der Waals surface area contributed by atoms with Crippen molar-refractivity contribution in [3.05, 3.63) is 82.5 Å². The Hall–Kier alpha value is -2.91. The fourth-order valence-corrected chi connectivity index (χ4v) is 5.57. The molecule has 0 fully saturated rings. The molecule has 0 aliphatic carbocycles. The molecule has 0 atom stereocenters. The van der Waals surface area contributed by atoms with E-state index < -0.39 is 15.9 Å². The van der Waals surface area contributed by atoms with Crippen molar-refractivity contribution in [3.8, 4) is 5.69 Å². The van der Waals surface area contributed by atoms with E-state index in [0.29, 0.717) is 21.6 Å². The van der Waals surface area contributed by atoms with Crippen LogP contribution in [0.5, 0.6) is 0 Å². The van der Waals surface area contributed by atoms with Crippen molar-refractivity contribution in [2.24, 2.45) is 0 Å². The van der Waals surface area contributed by atoms with Gasteiger partial charge in [-0.15, -0.1) is 0 Å². The number of hydrogen-bond donors (Lipinski definition) is 1. The minimum atomic E-state index is -3.90. The van der Waals surface area contributed by atoms with Crippen LogP contribution in [-0.2, 0) is 20.2 Å². The first-order valence-corrected chi connectivity index (χ1v) is 13.9. The van der Waals surface area contributed by atoms with Gasteiger partial charge in [-0.2, -0.15) is 9.40 Å². The molecular weight excluding hydrogens is 531 g/mol. The highest BCUT2D eigenvalue weighted by Crippen LogP contribution is 2.30. The van der Waals surface area contributed by atoms with Gasteiger partial charge in [0.2, 0.25) is 15.9 Å². The van der Waals surface area contributed by atoms with Crippen molar-refractivity contribution >= 4 is 55.7 Å². The highest BCUT2D eigenvalue weighted by atomic mass is 35.5. The van der Waals surface area contributed by atoms with Crippen LogP contribution in [-0.4, -0.2) is 41.5 Å². The number of aromatic nitrogens is 2. The third-order valence-electron chi connectivity index (χ3n) is 5.92. The van der Waals surface area contributed by atoms with Crippen LogP contribution in [0, 0.1) is 0 Å². The second-order valence-corrected chi connectivity index (χ2v) is 12.4. The average molecular weight is 560 g/mol. The number of halogens is 2. The largest absolute Gasteiger partial charge is 0.309 e. The summed E-state index contributed by atoms with van der Waals surface area (Å²) in [6.45, 7) is 7.49. The zero-order chi connectivity index (χ0) is 27.0. The van der Waals surface area contributed by atoms with Crippen LogP contribution in [0.4, 0.5) is 5.82 Å². The number of likely N-dealkylation sites (N-methyl/N-ethyl adjacent to an activating group) is 1. The van der Waals surface area contributed by atoms with E-state index in [4.69, 9.17) is 23.2 Å². The van der Waals surface area contributed by atoms with E-state index in [1.165, 1.54) is 0 Å². The summed E-state index contributed by atoms with van der Waals surface area (Å²) >= 11 is 12.3. The molecule has 0 radical (unpaired) electrons. The normalized spacial score (nSPS) is 12.3. The Morgan fingerprint density at radius 2 is 1.68 bits per heavy atom. The molecule has 1 heterocycles. The number of carbonyl (C=O) groups excluding carboxylic acids is 1. The molecule has 37 heavy (non-hydrogen) atoms. The average Bonchev–Trinajstić information content (AvgIpc) is 3.28. The molecule has 1 aromatic heterocycles. The SMILES string of the molecule is CCN(CC(=O)Nc1cc(C(C)(C)C)nn1-c1ccc(Cl)c(Cl)c1)S(=O)(=O)c1ccc2ccccc2c1. The molecule has 7 nitrogen and oxygen atoms in total. The molecule has 0 saturated carbocycles. The summed E-state index contributed by atoms with van der Waals surface area (Å²) in [5, 5.41) is 10.00. The summed E-state index contributed by atoms with van der Waals surface area (Å²) in [4.78, 5) is 13.3. The first-order chi connectivity index (χ1) is 17.4. The Labute approximate surface area is 227 Å². The quantitative estimate of drug-likeness (QED) is 0.289. The molecule has 0 aliphatic rings. The van der Waals surface area contributed by atoms with E-state index in [9.17, 15) is 13.2 Å². The highest BCUT2D eigenvalue weighted by Gasteiger charge is 2.27. The van der Waals surface area contributed by atoms with Crippen molar-refractivity contribution < 1.29 is 13.2 Å². The molecule has 194 valence electrons. The van der Waals surface area contributed by atoms with E-state index in [0.717, 1.165) is 20.8 Å². The Bertz CT molecular complexity index is 1580. The molecule has 10 heteroatoms. The number of benzene rings is 3. The summed E-state index contributed by atoms with van der Waals surface area (Å²) in [5.41, 5.74) is 1.05. The summed E-state index contributed by atoms with van der Waals surface area (Å²) in [6.07, 6.45) is 0. The first-order valence-electron chi connectivity index (χ1n) is 11.7. The van der Waals surface area contributed by atoms with E-state index in [-0.39, 0.29) is 23.4 Å². The molecule has 0 spiro atoms. The number of anilines is 1. The maximum Gasteiger partial charge on any atom is 0.243 e. The first kappa shape index (κ1) is 27.1. The number of sulfonamides is 1.